The smallest absolute Gasteiger partial charge is 0.311 e. The van der Waals surface area contributed by atoms with Crippen molar-refractivity contribution in [2.75, 3.05) is 18.5 Å². The monoisotopic (exact) mass is 287 g/mol. The van der Waals surface area contributed by atoms with Crippen molar-refractivity contribution in [1.82, 2.24) is 4.98 Å². The molecule has 0 aliphatic rings. The van der Waals surface area contributed by atoms with Crippen LogP contribution in [0.25, 0.3) is 0 Å². The quantitative estimate of drug-likeness (QED) is 0.344. The molecule has 0 unspecified atom stereocenters. The lowest BCUT2D eigenvalue weighted by Gasteiger charge is -2.08. The van der Waals surface area contributed by atoms with Gasteiger partial charge in [-0.3, -0.25) is 10.1 Å². The molecule has 0 saturated heterocycles. The molecule has 7 heteroatoms. The number of ether oxygens (including phenoxy) is 1. The van der Waals surface area contributed by atoms with Gasteiger partial charge in [-0.15, -0.1) is 0 Å². The van der Waals surface area contributed by atoms with Crippen LogP contribution in [0.15, 0.2) is 12.1 Å². The molecule has 6 nitrogen and oxygen atoms in total. The lowest BCUT2D eigenvalue weighted by Crippen LogP contribution is -2.09. The second kappa shape index (κ2) is 7.91. The summed E-state index contributed by atoms with van der Waals surface area (Å²) in [5, 5.41) is 14.0. The second-order valence-corrected chi connectivity index (χ2v) is 4.70. The van der Waals surface area contributed by atoms with Gasteiger partial charge in [0.25, 0.3) is 0 Å². The number of rotatable bonds is 8. The molecule has 1 aromatic heterocycles. The van der Waals surface area contributed by atoms with Crippen LogP contribution in [-0.4, -0.2) is 29.2 Å². The van der Waals surface area contributed by atoms with E-state index in [1.807, 2.05) is 13.8 Å². The zero-order valence-electron chi connectivity index (χ0n) is 11.1. The number of nitro groups is 1. The summed E-state index contributed by atoms with van der Waals surface area (Å²) in [4.78, 5) is 14.2. The van der Waals surface area contributed by atoms with Crippen LogP contribution in [0, 0.1) is 10.1 Å². The zero-order chi connectivity index (χ0) is 14.3. The number of pyridine rings is 1. The van der Waals surface area contributed by atoms with E-state index in [0.29, 0.717) is 13.2 Å². The maximum Gasteiger partial charge on any atom is 0.311 e. The van der Waals surface area contributed by atoms with Gasteiger partial charge in [0.15, 0.2) is 0 Å². The molecule has 0 aliphatic carbocycles. The topological polar surface area (TPSA) is 77.3 Å². The van der Waals surface area contributed by atoms with Crippen LogP contribution in [0.1, 0.15) is 26.7 Å². The number of hydrogen-bond acceptors (Lipinski definition) is 5. The Labute approximate surface area is 117 Å². The number of nitrogens with one attached hydrogen (secondary N) is 1. The summed E-state index contributed by atoms with van der Waals surface area (Å²) in [6.45, 7) is 5.25. The van der Waals surface area contributed by atoms with Gasteiger partial charge in [-0.25, -0.2) is 4.98 Å². The lowest BCUT2D eigenvalue weighted by atomic mass is 10.3. The Hall–Kier alpha value is -1.40. The van der Waals surface area contributed by atoms with Crippen LogP contribution in [0.4, 0.5) is 11.5 Å². The van der Waals surface area contributed by atoms with Gasteiger partial charge in [0.05, 0.1) is 11.0 Å². The highest BCUT2D eigenvalue weighted by atomic mass is 35.5. The number of halogens is 1. The fraction of sp³-hybridized carbons (Fsp3) is 0.583. The van der Waals surface area contributed by atoms with Crippen molar-refractivity contribution in [2.24, 2.45) is 0 Å². The molecule has 0 saturated carbocycles. The SMILES string of the molecule is CC(C)OCCCCNc1nc(Cl)ccc1[N+](=O)[O-]. The van der Waals surface area contributed by atoms with Gasteiger partial charge in [-0.2, -0.15) is 0 Å². The van der Waals surface area contributed by atoms with E-state index >= 15 is 0 Å². The average Bonchev–Trinajstić information content (AvgIpc) is 2.33. The minimum atomic E-state index is -0.479. The summed E-state index contributed by atoms with van der Waals surface area (Å²) >= 11 is 5.73. The van der Waals surface area contributed by atoms with E-state index in [0.717, 1.165) is 12.8 Å². The van der Waals surface area contributed by atoms with E-state index < -0.39 is 4.92 Å². The third-order valence-electron chi connectivity index (χ3n) is 2.35. The summed E-state index contributed by atoms with van der Waals surface area (Å²) in [7, 11) is 0. The fourth-order valence-electron chi connectivity index (χ4n) is 1.46. The van der Waals surface area contributed by atoms with Gasteiger partial charge < -0.3 is 10.1 Å². The molecule has 1 N–H and O–H groups in total. The van der Waals surface area contributed by atoms with Crippen molar-refractivity contribution in [3.8, 4) is 0 Å². The Bertz CT molecular complexity index is 427. The largest absolute Gasteiger partial charge is 0.379 e. The van der Waals surface area contributed by atoms with Gasteiger partial charge in [0.2, 0.25) is 5.82 Å². The Balaban J connectivity index is 2.40. The Morgan fingerprint density at radius 2 is 2.21 bits per heavy atom. The van der Waals surface area contributed by atoms with Gasteiger partial charge in [-0.1, -0.05) is 11.6 Å². The number of anilines is 1. The van der Waals surface area contributed by atoms with Gasteiger partial charge in [0.1, 0.15) is 5.15 Å². The van der Waals surface area contributed by atoms with Crippen molar-refractivity contribution in [3.63, 3.8) is 0 Å². The standard InChI is InChI=1S/C12H18ClN3O3/c1-9(2)19-8-4-3-7-14-12-10(16(17)18)5-6-11(13)15-12/h5-6,9H,3-4,7-8H2,1-2H3,(H,14,15). The maximum absolute atomic E-state index is 10.8. The van der Waals surface area contributed by atoms with Gasteiger partial charge >= 0.3 is 5.69 Å². The van der Waals surface area contributed by atoms with Crippen LogP contribution >= 0.6 is 11.6 Å². The second-order valence-electron chi connectivity index (χ2n) is 4.31. The molecule has 0 spiro atoms. The van der Waals surface area contributed by atoms with E-state index in [9.17, 15) is 10.1 Å². The predicted octanol–water partition coefficient (Wildman–Crippen LogP) is 3.26. The molecule has 1 rings (SSSR count). The highest BCUT2D eigenvalue weighted by molar-refractivity contribution is 6.29. The van der Waals surface area contributed by atoms with Crippen molar-refractivity contribution in [1.29, 1.82) is 0 Å². The molecular formula is C12H18ClN3O3. The summed E-state index contributed by atoms with van der Waals surface area (Å²) in [5.41, 5.74) is -0.0668. The predicted molar refractivity (Wildman–Crippen MR) is 74.7 cm³/mol. The van der Waals surface area contributed by atoms with Crippen molar-refractivity contribution in [2.45, 2.75) is 32.8 Å². The summed E-state index contributed by atoms with van der Waals surface area (Å²) < 4.78 is 5.40. The molecule has 1 aromatic rings. The van der Waals surface area contributed by atoms with E-state index in [-0.39, 0.29) is 22.8 Å². The number of aromatic nitrogens is 1. The minimum Gasteiger partial charge on any atom is -0.379 e. The molecule has 0 atom stereocenters. The summed E-state index contributed by atoms with van der Waals surface area (Å²) in [6.07, 6.45) is 1.96. The minimum absolute atomic E-state index is 0.0668. The Morgan fingerprint density at radius 3 is 2.84 bits per heavy atom. The molecule has 106 valence electrons. The normalized spacial score (nSPS) is 10.7. The molecule has 0 radical (unpaired) electrons. The van der Waals surface area contributed by atoms with Crippen LogP contribution in [0.5, 0.6) is 0 Å². The van der Waals surface area contributed by atoms with Crippen molar-refractivity contribution >= 4 is 23.1 Å². The summed E-state index contributed by atoms with van der Waals surface area (Å²) in [6, 6.07) is 2.75. The third kappa shape index (κ3) is 5.85. The first-order valence-corrected chi connectivity index (χ1v) is 6.55. The average molecular weight is 288 g/mol. The van der Waals surface area contributed by atoms with Gasteiger partial charge in [-0.05, 0) is 32.8 Å². The maximum atomic E-state index is 10.8. The molecule has 0 fully saturated rings. The number of nitrogens with zero attached hydrogens (tertiary/aromatic N) is 2. The van der Waals surface area contributed by atoms with E-state index in [4.69, 9.17) is 16.3 Å². The first-order chi connectivity index (χ1) is 9.00. The van der Waals surface area contributed by atoms with Crippen LogP contribution in [0.2, 0.25) is 5.15 Å². The van der Waals surface area contributed by atoms with E-state index in [2.05, 4.69) is 10.3 Å². The molecule has 0 bridgehead atoms. The highest BCUT2D eigenvalue weighted by Crippen LogP contribution is 2.23. The van der Waals surface area contributed by atoms with E-state index in [1.54, 1.807) is 0 Å². The molecule has 19 heavy (non-hydrogen) atoms. The Kier molecular flexibility index (Phi) is 6.52. The molecule has 0 aromatic carbocycles. The lowest BCUT2D eigenvalue weighted by molar-refractivity contribution is -0.384. The fourth-order valence-corrected chi connectivity index (χ4v) is 1.61. The third-order valence-corrected chi connectivity index (χ3v) is 2.56. The van der Waals surface area contributed by atoms with Crippen LogP contribution in [-0.2, 0) is 4.74 Å². The van der Waals surface area contributed by atoms with Crippen LogP contribution < -0.4 is 5.32 Å². The van der Waals surface area contributed by atoms with E-state index in [1.165, 1.54) is 12.1 Å². The van der Waals surface area contributed by atoms with Crippen molar-refractivity contribution < 1.29 is 9.66 Å². The molecule has 0 amide bonds. The molecule has 1 heterocycles. The van der Waals surface area contributed by atoms with Gasteiger partial charge in [0, 0.05) is 19.2 Å². The zero-order valence-corrected chi connectivity index (χ0v) is 11.8. The number of hydrogen-bond donors (Lipinski definition) is 1. The first-order valence-electron chi connectivity index (χ1n) is 6.17. The van der Waals surface area contributed by atoms with Crippen molar-refractivity contribution in [3.05, 3.63) is 27.4 Å². The Morgan fingerprint density at radius 1 is 1.47 bits per heavy atom. The van der Waals surface area contributed by atoms with Crippen LogP contribution in [0.3, 0.4) is 0 Å². The summed E-state index contributed by atoms with van der Waals surface area (Å²) in [5.74, 6) is 0.210. The molecular weight excluding hydrogens is 270 g/mol. The first kappa shape index (κ1) is 15.7. The highest BCUT2D eigenvalue weighted by Gasteiger charge is 2.14. The molecule has 0 aliphatic heterocycles. The number of unbranched alkanes of at least 4 members (excludes halogenated alkanes) is 1.